The van der Waals surface area contributed by atoms with Gasteiger partial charge in [-0.2, -0.15) is 0 Å². The van der Waals surface area contributed by atoms with E-state index in [1.807, 2.05) is 0 Å². The number of nitro groups is 1. The van der Waals surface area contributed by atoms with E-state index in [2.05, 4.69) is 5.32 Å². The monoisotopic (exact) mass is 305 g/mol. The maximum atomic E-state index is 12.2. The van der Waals surface area contributed by atoms with Crippen molar-refractivity contribution in [2.75, 3.05) is 6.54 Å². The molecule has 2 rings (SSSR count). The Balaban J connectivity index is 1.94. The van der Waals surface area contributed by atoms with Gasteiger partial charge in [-0.3, -0.25) is 14.9 Å². The van der Waals surface area contributed by atoms with Crippen LogP contribution in [0.1, 0.15) is 44.1 Å². The van der Waals surface area contributed by atoms with Gasteiger partial charge in [0.05, 0.1) is 4.92 Å². The van der Waals surface area contributed by atoms with Crippen LogP contribution in [0, 0.1) is 15.5 Å². The molecule has 0 spiro atoms. The minimum Gasteiger partial charge on any atom is -0.352 e. The molecule has 1 amide bonds. The standard InChI is InChI=1S/C16H23N3O3/c17-12-16(8-4-1-5-9-16)10-15(20)18-11-13-6-2-3-7-14(13)19(21)22/h2-3,6-7H,1,4-5,8-12,17H2,(H,18,20). The first kappa shape index (κ1) is 16.4. The molecule has 1 aliphatic rings. The molecule has 0 aliphatic heterocycles. The van der Waals surface area contributed by atoms with Crippen LogP contribution in [0.4, 0.5) is 5.69 Å². The van der Waals surface area contributed by atoms with Crippen LogP contribution >= 0.6 is 0 Å². The van der Waals surface area contributed by atoms with Crippen LogP contribution in [0.2, 0.25) is 0 Å². The highest BCUT2D eigenvalue weighted by atomic mass is 16.6. The molecule has 0 atom stereocenters. The Hall–Kier alpha value is -1.95. The van der Waals surface area contributed by atoms with E-state index in [1.165, 1.54) is 12.5 Å². The van der Waals surface area contributed by atoms with Gasteiger partial charge >= 0.3 is 0 Å². The first-order chi connectivity index (χ1) is 10.6. The van der Waals surface area contributed by atoms with Gasteiger partial charge < -0.3 is 11.1 Å². The van der Waals surface area contributed by atoms with E-state index in [0.29, 0.717) is 18.5 Å². The Labute approximate surface area is 130 Å². The summed E-state index contributed by atoms with van der Waals surface area (Å²) >= 11 is 0. The molecule has 0 heterocycles. The van der Waals surface area contributed by atoms with Gasteiger partial charge in [-0.05, 0) is 24.8 Å². The number of hydrogen-bond donors (Lipinski definition) is 2. The van der Waals surface area contributed by atoms with Crippen molar-refractivity contribution in [3.8, 4) is 0 Å². The quantitative estimate of drug-likeness (QED) is 0.623. The number of carbonyl (C=O) groups is 1. The predicted molar refractivity (Wildman–Crippen MR) is 84.1 cm³/mol. The summed E-state index contributed by atoms with van der Waals surface area (Å²) in [4.78, 5) is 22.7. The van der Waals surface area contributed by atoms with Crippen molar-refractivity contribution in [1.29, 1.82) is 0 Å². The molecule has 1 aromatic rings. The maximum Gasteiger partial charge on any atom is 0.274 e. The van der Waals surface area contributed by atoms with Crippen molar-refractivity contribution in [3.05, 3.63) is 39.9 Å². The smallest absolute Gasteiger partial charge is 0.274 e. The highest BCUT2D eigenvalue weighted by molar-refractivity contribution is 5.76. The lowest BCUT2D eigenvalue weighted by Crippen LogP contribution is -2.38. The summed E-state index contributed by atoms with van der Waals surface area (Å²) in [7, 11) is 0. The molecule has 1 aromatic carbocycles. The summed E-state index contributed by atoms with van der Waals surface area (Å²) in [5.41, 5.74) is 6.35. The first-order valence-corrected chi connectivity index (χ1v) is 7.75. The molecule has 0 bridgehead atoms. The van der Waals surface area contributed by atoms with Gasteiger partial charge in [0.1, 0.15) is 0 Å². The van der Waals surface area contributed by atoms with Crippen molar-refractivity contribution in [2.24, 2.45) is 11.1 Å². The summed E-state index contributed by atoms with van der Waals surface area (Å²) in [5.74, 6) is -0.0782. The van der Waals surface area contributed by atoms with Crippen LogP contribution in [0.5, 0.6) is 0 Å². The van der Waals surface area contributed by atoms with Crippen molar-refractivity contribution in [3.63, 3.8) is 0 Å². The Morgan fingerprint density at radius 2 is 1.95 bits per heavy atom. The lowest BCUT2D eigenvalue weighted by Gasteiger charge is -2.35. The molecule has 6 nitrogen and oxygen atoms in total. The number of nitro benzene ring substituents is 1. The normalized spacial score (nSPS) is 17.0. The fourth-order valence-corrected chi connectivity index (χ4v) is 3.19. The second-order valence-corrected chi connectivity index (χ2v) is 6.10. The number of benzene rings is 1. The van der Waals surface area contributed by atoms with E-state index < -0.39 is 4.92 Å². The highest BCUT2D eigenvalue weighted by Gasteiger charge is 2.32. The molecular weight excluding hydrogens is 282 g/mol. The number of nitrogens with zero attached hydrogens (tertiary/aromatic N) is 1. The summed E-state index contributed by atoms with van der Waals surface area (Å²) in [6, 6.07) is 6.47. The molecular formula is C16H23N3O3. The number of para-hydroxylation sites is 1. The van der Waals surface area contributed by atoms with E-state index in [-0.39, 0.29) is 23.6 Å². The minimum atomic E-state index is -0.427. The third-order valence-electron chi connectivity index (χ3n) is 4.55. The summed E-state index contributed by atoms with van der Waals surface area (Å²) in [5, 5.41) is 13.8. The Kier molecular flexibility index (Phi) is 5.49. The maximum absolute atomic E-state index is 12.2. The molecule has 1 fully saturated rings. The largest absolute Gasteiger partial charge is 0.352 e. The second kappa shape index (κ2) is 7.35. The van der Waals surface area contributed by atoms with Gasteiger partial charge in [-0.25, -0.2) is 0 Å². The number of nitrogens with one attached hydrogen (secondary N) is 1. The van der Waals surface area contributed by atoms with E-state index in [0.717, 1.165) is 25.7 Å². The first-order valence-electron chi connectivity index (χ1n) is 7.75. The average molecular weight is 305 g/mol. The summed E-state index contributed by atoms with van der Waals surface area (Å²) in [6.07, 6.45) is 5.83. The van der Waals surface area contributed by atoms with Crippen LogP contribution in [0.3, 0.4) is 0 Å². The van der Waals surface area contributed by atoms with Gasteiger partial charge in [0.15, 0.2) is 0 Å². The molecule has 0 radical (unpaired) electrons. The Bertz CT molecular complexity index is 539. The van der Waals surface area contributed by atoms with Crippen LogP contribution in [0.15, 0.2) is 24.3 Å². The lowest BCUT2D eigenvalue weighted by atomic mass is 9.71. The second-order valence-electron chi connectivity index (χ2n) is 6.10. The predicted octanol–water partition coefficient (Wildman–Crippen LogP) is 2.51. The van der Waals surface area contributed by atoms with Gasteiger partial charge in [-0.1, -0.05) is 37.5 Å². The van der Waals surface area contributed by atoms with E-state index in [9.17, 15) is 14.9 Å². The summed E-state index contributed by atoms with van der Waals surface area (Å²) < 4.78 is 0. The topological polar surface area (TPSA) is 98.3 Å². The number of nitrogens with two attached hydrogens (primary N) is 1. The number of hydrogen-bond acceptors (Lipinski definition) is 4. The van der Waals surface area contributed by atoms with E-state index in [1.54, 1.807) is 18.2 Å². The van der Waals surface area contributed by atoms with Crippen molar-refractivity contribution < 1.29 is 9.72 Å². The van der Waals surface area contributed by atoms with E-state index >= 15 is 0 Å². The van der Waals surface area contributed by atoms with Gasteiger partial charge in [0.2, 0.25) is 5.91 Å². The van der Waals surface area contributed by atoms with Crippen molar-refractivity contribution in [1.82, 2.24) is 5.32 Å². The zero-order valence-electron chi connectivity index (χ0n) is 12.7. The Morgan fingerprint density at radius 1 is 1.27 bits per heavy atom. The third-order valence-corrected chi connectivity index (χ3v) is 4.55. The SMILES string of the molecule is NCC1(CC(=O)NCc2ccccc2[N+](=O)[O-])CCCCC1. The molecule has 3 N–H and O–H groups in total. The number of amides is 1. The van der Waals surface area contributed by atoms with Gasteiger partial charge in [-0.15, -0.1) is 0 Å². The number of rotatable bonds is 6. The van der Waals surface area contributed by atoms with Crippen molar-refractivity contribution >= 4 is 11.6 Å². The number of carbonyl (C=O) groups excluding carboxylic acids is 1. The van der Waals surface area contributed by atoms with Crippen LogP contribution < -0.4 is 11.1 Å². The van der Waals surface area contributed by atoms with Crippen LogP contribution in [0.25, 0.3) is 0 Å². The Morgan fingerprint density at radius 3 is 2.59 bits per heavy atom. The van der Waals surface area contributed by atoms with Crippen LogP contribution in [-0.2, 0) is 11.3 Å². The molecule has 1 aliphatic carbocycles. The zero-order chi connectivity index (χ0) is 16.0. The minimum absolute atomic E-state index is 0.0361. The average Bonchev–Trinajstić information content (AvgIpc) is 2.54. The molecule has 0 aromatic heterocycles. The molecule has 0 saturated heterocycles. The fourth-order valence-electron chi connectivity index (χ4n) is 3.19. The van der Waals surface area contributed by atoms with Gasteiger partial charge in [0.25, 0.3) is 5.69 Å². The van der Waals surface area contributed by atoms with Crippen LogP contribution in [-0.4, -0.2) is 17.4 Å². The summed E-state index contributed by atoms with van der Waals surface area (Å²) in [6.45, 7) is 0.697. The fraction of sp³-hybridized carbons (Fsp3) is 0.562. The zero-order valence-corrected chi connectivity index (χ0v) is 12.7. The third kappa shape index (κ3) is 4.04. The van der Waals surface area contributed by atoms with Gasteiger partial charge in [0, 0.05) is 24.6 Å². The molecule has 120 valence electrons. The molecule has 0 unspecified atom stereocenters. The molecule has 22 heavy (non-hydrogen) atoms. The van der Waals surface area contributed by atoms with E-state index in [4.69, 9.17) is 5.73 Å². The molecule has 6 heteroatoms. The van der Waals surface area contributed by atoms with Crippen molar-refractivity contribution in [2.45, 2.75) is 45.1 Å². The lowest BCUT2D eigenvalue weighted by molar-refractivity contribution is -0.385. The highest BCUT2D eigenvalue weighted by Crippen LogP contribution is 2.38. The molecule has 1 saturated carbocycles.